The molecule has 0 aliphatic heterocycles. The van der Waals surface area contributed by atoms with E-state index in [1.165, 1.54) is 0 Å². The molecule has 5 rings (SSSR count). The van der Waals surface area contributed by atoms with Crippen LogP contribution in [-0.4, -0.2) is 25.8 Å². The Morgan fingerprint density at radius 1 is 0.880 bits per heavy atom. The minimum Gasteiger partial charge on any atom is -0.364 e. The van der Waals surface area contributed by atoms with Crippen LogP contribution in [0.3, 0.4) is 0 Å². The van der Waals surface area contributed by atoms with E-state index >= 15 is 0 Å². The van der Waals surface area contributed by atoms with Crippen LogP contribution in [0.2, 0.25) is 0 Å². The quantitative estimate of drug-likeness (QED) is 0.463. The molecule has 0 fully saturated rings. The topological polar surface area (TPSA) is 100 Å². The number of nitrogens with zero attached hydrogens (tertiary/aromatic N) is 2. The van der Waals surface area contributed by atoms with Crippen molar-refractivity contribution in [3.8, 4) is 11.5 Å². The number of hydrogen-bond donors (Lipinski definition) is 3. The summed E-state index contributed by atoms with van der Waals surface area (Å²) in [5.41, 5.74) is 9.71. The van der Waals surface area contributed by atoms with Gasteiger partial charge in [-0.25, -0.2) is 9.97 Å². The fraction of sp³-hybridized carbons (Fsp3) is 0. The van der Waals surface area contributed by atoms with E-state index < -0.39 is 5.91 Å². The number of nitrogens with one attached hydrogen (secondary N) is 2. The first-order valence-electron chi connectivity index (χ1n) is 7.87. The monoisotopic (exact) mass is 327 g/mol. The van der Waals surface area contributed by atoms with Crippen LogP contribution in [0.5, 0.6) is 0 Å². The zero-order chi connectivity index (χ0) is 17.0. The third-order valence-corrected chi connectivity index (χ3v) is 4.36. The molecule has 4 N–H and O–H groups in total. The number of imidazole rings is 1. The van der Waals surface area contributed by atoms with Crippen molar-refractivity contribution in [2.24, 2.45) is 5.73 Å². The van der Waals surface area contributed by atoms with Crippen LogP contribution < -0.4 is 5.73 Å². The van der Waals surface area contributed by atoms with E-state index in [-0.39, 0.29) is 5.69 Å². The van der Waals surface area contributed by atoms with Crippen LogP contribution in [-0.2, 0) is 0 Å². The highest BCUT2D eigenvalue weighted by molar-refractivity contribution is 6.14. The second-order valence-electron chi connectivity index (χ2n) is 5.92. The molecule has 0 unspecified atom stereocenters. The standard InChI is InChI=1S/C19H13N5O/c20-18(25)17-16-11(10-5-1-2-6-12(10)21-16)9-15(22-17)19-23-13-7-3-4-8-14(13)24-19/h1-9,21H,(H2,20,25)(H,23,24). The molecule has 6 nitrogen and oxygen atoms in total. The molecule has 6 heteroatoms. The van der Waals surface area contributed by atoms with Gasteiger partial charge in [-0.3, -0.25) is 4.79 Å². The first-order chi connectivity index (χ1) is 12.2. The molecule has 0 bridgehead atoms. The molecule has 0 aliphatic rings. The Morgan fingerprint density at radius 3 is 2.44 bits per heavy atom. The van der Waals surface area contributed by atoms with Crippen LogP contribution in [0.1, 0.15) is 10.5 Å². The van der Waals surface area contributed by atoms with Gasteiger partial charge in [0.2, 0.25) is 0 Å². The fourth-order valence-electron chi connectivity index (χ4n) is 3.22. The summed E-state index contributed by atoms with van der Waals surface area (Å²) in [5, 5.41) is 1.91. The number of fused-ring (bicyclic) bond motifs is 4. The lowest BCUT2D eigenvalue weighted by atomic mass is 10.1. The Kier molecular flexibility index (Phi) is 2.70. The van der Waals surface area contributed by atoms with Crippen LogP contribution in [0.25, 0.3) is 44.4 Å². The number of aromatic amines is 2. The Labute approximate surface area is 141 Å². The van der Waals surface area contributed by atoms with Crippen molar-refractivity contribution in [2.45, 2.75) is 0 Å². The van der Waals surface area contributed by atoms with Crippen LogP contribution in [0.15, 0.2) is 54.6 Å². The molecule has 5 aromatic rings. The number of H-pyrrole nitrogens is 2. The van der Waals surface area contributed by atoms with Crippen LogP contribution in [0, 0.1) is 0 Å². The molecule has 0 spiro atoms. The van der Waals surface area contributed by atoms with E-state index in [0.717, 1.165) is 27.3 Å². The van der Waals surface area contributed by atoms with Crippen molar-refractivity contribution < 1.29 is 4.79 Å². The summed E-state index contributed by atoms with van der Waals surface area (Å²) in [6.45, 7) is 0. The lowest BCUT2D eigenvalue weighted by Crippen LogP contribution is -2.14. The molecule has 3 aromatic heterocycles. The predicted octanol–water partition coefficient (Wildman–Crippen LogP) is 3.36. The summed E-state index contributed by atoms with van der Waals surface area (Å²) in [6, 6.07) is 17.5. The Bertz CT molecular complexity index is 1250. The third-order valence-electron chi connectivity index (χ3n) is 4.36. The van der Waals surface area contributed by atoms with Gasteiger partial charge in [-0.2, -0.15) is 0 Å². The predicted molar refractivity (Wildman–Crippen MR) is 97.2 cm³/mol. The zero-order valence-electron chi connectivity index (χ0n) is 13.1. The Morgan fingerprint density at radius 2 is 1.64 bits per heavy atom. The first-order valence-corrected chi connectivity index (χ1v) is 7.87. The summed E-state index contributed by atoms with van der Waals surface area (Å²) >= 11 is 0. The van der Waals surface area contributed by atoms with Crippen molar-refractivity contribution >= 4 is 38.7 Å². The number of hydrogen-bond acceptors (Lipinski definition) is 3. The highest BCUT2D eigenvalue weighted by atomic mass is 16.1. The van der Waals surface area contributed by atoms with Gasteiger partial charge >= 0.3 is 0 Å². The average Bonchev–Trinajstić information content (AvgIpc) is 3.22. The highest BCUT2D eigenvalue weighted by Gasteiger charge is 2.17. The fourth-order valence-corrected chi connectivity index (χ4v) is 3.22. The van der Waals surface area contributed by atoms with Gasteiger partial charge in [-0.15, -0.1) is 0 Å². The second-order valence-corrected chi connectivity index (χ2v) is 5.92. The maximum Gasteiger partial charge on any atom is 0.269 e. The van der Waals surface area contributed by atoms with Crippen molar-refractivity contribution in [1.29, 1.82) is 0 Å². The first kappa shape index (κ1) is 13.7. The van der Waals surface area contributed by atoms with Gasteiger partial charge in [0.1, 0.15) is 5.69 Å². The zero-order valence-corrected chi connectivity index (χ0v) is 13.1. The third kappa shape index (κ3) is 2.01. The summed E-state index contributed by atoms with van der Waals surface area (Å²) < 4.78 is 0. The summed E-state index contributed by atoms with van der Waals surface area (Å²) in [4.78, 5) is 27.5. The minimum atomic E-state index is -0.575. The maximum absolute atomic E-state index is 12.0. The van der Waals surface area contributed by atoms with Crippen molar-refractivity contribution in [3.63, 3.8) is 0 Å². The Hall–Kier alpha value is -3.67. The SMILES string of the molecule is NC(=O)c1nc(-c2nc3ccccc3[nH]2)cc2c1[nH]c1ccccc12. The van der Waals surface area contributed by atoms with Crippen LogP contribution in [0.4, 0.5) is 0 Å². The average molecular weight is 327 g/mol. The van der Waals surface area contributed by atoms with Gasteiger partial charge in [0.25, 0.3) is 5.91 Å². The van der Waals surface area contributed by atoms with Crippen molar-refractivity contribution in [2.75, 3.05) is 0 Å². The lowest BCUT2D eigenvalue weighted by molar-refractivity contribution is 0.0997. The number of aromatic nitrogens is 4. The number of amides is 1. The molecule has 1 amide bonds. The minimum absolute atomic E-state index is 0.212. The molecule has 0 aliphatic carbocycles. The number of primary amides is 1. The number of carbonyl (C=O) groups is 1. The number of para-hydroxylation sites is 3. The second kappa shape index (κ2) is 4.91. The molecule has 0 saturated heterocycles. The molecule has 2 aromatic carbocycles. The number of pyridine rings is 1. The van der Waals surface area contributed by atoms with E-state index in [1.54, 1.807) is 0 Å². The molecule has 120 valence electrons. The van der Waals surface area contributed by atoms with Crippen LogP contribution >= 0.6 is 0 Å². The number of benzene rings is 2. The summed E-state index contributed by atoms with van der Waals surface area (Å²) in [5.74, 6) is 0.0328. The van der Waals surface area contributed by atoms with E-state index in [4.69, 9.17) is 5.73 Å². The van der Waals surface area contributed by atoms with Crippen molar-refractivity contribution in [3.05, 3.63) is 60.3 Å². The molecule has 0 radical (unpaired) electrons. The smallest absolute Gasteiger partial charge is 0.269 e. The van der Waals surface area contributed by atoms with E-state index in [2.05, 4.69) is 19.9 Å². The summed E-state index contributed by atoms with van der Waals surface area (Å²) in [7, 11) is 0. The molecule has 0 atom stereocenters. The normalized spacial score (nSPS) is 11.5. The molecule has 25 heavy (non-hydrogen) atoms. The number of carbonyl (C=O) groups excluding carboxylic acids is 1. The number of nitrogens with two attached hydrogens (primary N) is 1. The molecular weight excluding hydrogens is 314 g/mol. The molecule has 3 heterocycles. The van der Waals surface area contributed by atoms with Gasteiger partial charge in [-0.05, 0) is 24.3 Å². The van der Waals surface area contributed by atoms with Crippen molar-refractivity contribution in [1.82, 2.24) is 19.9 Å². The maximum atomic E-state index is 12.0. The Balaban J connectivity index is 1.86. The largest absolute Gasteiger partial charge is 0.364 e. The van der Waals surface area contributed by atoms with Gasteiger partial charge in [0.05, 0.1) is 16.6 Å². The van der Waals surface area contributed by atoms with Gasteiger partial charge in [-0.1, -0.05) is 30.3 Å². The van der Waals surface area contributed by atoms with Gasteiger partial charge in [0, 0.05) is 16.3 Å². The van der Waals surface area contributed by atoms with Gasteiger partial charge < -0.3 is 15.7 Å². The van der Waals surface area contributed by atoms with E-state index in [9.17, 15) is 4.79 Å². The molecule has 0 saturated carbocycles. The summed E-state index contributed by atoms with van der Waals surface area (Å²) in [6.07, 6.45) is 0. The number of rotatable bonds is 2. The lowest BCUT2D eigenvalue weighted by Gasteiger charge is -2.02. The van der Waals surface area contributed by atoms with E-state index in [1.807, 2.05) is 54.6 Å². The molecular formula is C19H13N5O. The van der Waals surface area contributed by atoms with E-state index in [0.29, 0.717) is 17.0 Å². The van der Waals surface area contributed by atoms with Gasteiger partial charge in [0.15, 0.2) is 11.5 Å². The highest BCUT2D eigenvalue weighted by Crippen LogP contribution is 2.30.